The predicted octanol–water partition coefficient (Wildman–Crippen LogP) is 4.99. The van der Waals surface area contributed by atoms with E-state index in [1.54, 1.807) is 12.3 Å². The van der Waals surface area contributed by atoms with Crippen molar-refractivity contribution >= 4 is 23.3 Å². The number of hydrogen-bond donors (Lipinski definition) is 2. The Labute approximate surface area is 157 Å². The molecule has 1 unspecified atom stereocenters. The van der Waals surface area contributed by atoms with Crippen LogP contribution in [0.15, 0.2) is 60.8 Å². The van der Waals surface area contributed by atoms with Crippen LogP contribution < -0.4 is 10.6 Å². The Kier molecular flexibility index (Phi) is 5.49. The van der Waals surface area contributed by atoms with E-state index < -0.39 is 0 Å². The molecule has 6 heteroatoms. The number of rotatable bonds is 4. The van der Waals surface area contributed by atoms with E-state index in [0.29, 0.717) is 16.5 Å². The average molecular weight is 367 g/mol. The van der Waals surface area contributed by atoms with E-state index >= 15 is 0 Å². The van der Waals surface area contributed by atoms with Crippen LogP contribution in [-0.4, -0.2) is 16.0 Å². The Balaban J connectivity index is 1.62. The van der Waals surface area contributed by atoms with E-state index in [9.17, 15) is 4.79 Å². The van der Waals surface area contributed by atoms with Crippen molar-refractivity contribution in [3.63, 3.8) is 0 Å². The Morgan fingerprint density at radius 1 is 1.12 bits per heavy atom. The minimum absolute atomic E-state index is 0.159. The molecule has 0 radical (unpaired) electrons. The highest BCUT2D eigenvalue weighted by Gasteiger charge is 2.10. The fourth-order valence-corrected chi connectivity index (χ4v) is 2.71. The number of amides is 2. The minimum Gasteiger partial charge on any atom is -0.331 e. The number of benzene rings is 2. The lowest BCUT2D eigenvalue weighted by molar-refractivity contribution is 0.249. The van der Waals surface area contributed by atoms with Gasteiger partial charge in [-0.3, -0.25) is 0 Å². The first-order valence-corrected chi connectivity index (χ1v) is 8.62. The lowest BCUT2D eigenvalue weighted by atomic mass is 10.1. The number of urea groups is 1. The van der Waals surface area contributed by atoms with E-state index in [2.05, 4.69) is 20.6 Å². The molecule has 0 fully saturated rings. The summed E-state index contributed by atoms with van der Waals surface area (Å²) in [4.78, 5) is 20.9. The van der Waals surface area contributed by atoms with Crippen molar-refractivity contribution < 1.29 is 4.79 Å². The molecule has 3 aromatic rings. The quantitative estimate of drug-likeness (QED) is 0.683. The van der Waals surface area contributed by atoms with Gasteiger partial charge in [-0.1, -0.05) is 23.7 Å². The van der Waals surface area contributed by atoms with Crippen molar-refractivity contribution in [2.24, 2.45) is 0 Å². The summed E-state index contributed by atoms with van der Waals surface area (Å²) in [5.74, 6) is 0.663. The summed E-state index contributed by atoms with van der Waals surface area (Å²) in [6.45, 7) is 3.83. The van der Waals surface area contributed by atoms with Gasteiger partial charge in [-0.05, 0) is 61.9 Å². The number of nitrogens with zero attached hydrogens (tertiary/aromatic N) is 2. The molecule has 0 aliphatic carbocycles. The first kappa shape index (κ1) is 17.9. The summed E-state index contributed by atoms with van der Waals surface area (Å²) in [5.41, 5.74) is 3.44. The van der Waals surface area contributed by atoms with Crippen LogP contribution in [0.1, 0.15) is 24.2 Å². The number of aromatic nitrogens is 2. The second-order valence-corrected chi connectivity index (χ2v) is 6.41. The normalized spacial score (nSPS) is 11.7. The minimum atomic E-state index is -0.281. The zero-order chi connectivity index (χ0) is 18.5. The summed E-state index contributed by atoms with van der Waals surface area (Å²) in [6, 6.07) is 16.2. The molecule has 0 bridgehead atoms. The molecule has 0 spiro atoms. The fourth-order valence-electron chi connectivity index (χ4n) is 2.51. The van der Waals surface area contributed by atoms with Crippen LogP contribution in [0.4, 0.5) is 10.5 Å². The largest absolute Gasteiger partial charge is 0.331 e. The maximum atomic E-state index is 12.2. The molecule has 2 aromatic carbocycles. The van der Waals surface area contributed by atoms with E-state index in [1.165, 1.54) is 0 Å². The molecule has 0 aliphatic rings. The van der Waals surface area contributed by atoms with Gasteiger partial charge in [-0.25, -0.2) is 14.8 Å². The molecule has 5 nitrogen and oxygen atoms in total. The van der Waals surface area contributed by atoms with Gasteiger partial charge in [-0.2, -0.15) is 0 Å². The molecule has 26 heavy (non-hydrogen) atoms. The third kappa shape index (κ3) is 4.58. The van der Waals surface area contributed by atoms with Gasteiger partial charge in [0.15, 0.2) is 5.82 Å². The first-order chi connectivity index (χ1) is 12.5. The Morgan fingerprint density at radius 3 is 2.58 bits per heavy atom. The number of nitrogens with one attached hydrogen (secondary N) is 2. The van der Waals surface area contributed by atoms with Crippen LogP contribution in [0, 0.1) is 6.92 Å². The Hall–Kier alpha value is -2.92. The zero-order valence-electron chi connectivity index (χ0n) is 14.5. The van der Waals surface area contributed by atoms with Gasteiger partial charge >= 0.3 is 6.03 Å². The van der Waals surface area contributed by atoms with Crippen LogP contribution in [0.5, 0.6) is 0 Å². The monoisotopic (exact) mass is 366 g/mol. The zero-order valence-corrected chi connectivity index (χ0v) is 15.3. The highest BCUT2D eigenvalue weighted by molar-refractivity contribution is 6.30. The molecule has 0 saturated carbocycles. The molecule has 0 saturated heterocycles. The second kappa shape index (κ2) is 7.97. The SMILES string of the molecule is Cc1ccnc(-c2ccc(NC(=O)NC(C)c3cccc(Cl)c3)cc2)n1. The second-order valence-electron chi connectivity index (χ2n) is 5.97. The van der Waals surface area contributed by atoms with E-state index in [4.69, 9.17) is 11.6 Å². The molecule has 0 aliphatic heterocycles. The average Bonchev–Trinajstić information content (AvgIpc) is 2.62. The number of hydrogen-bond acceptors (Lipinski definition) is 3. The van der Waals surface area contributed by atoms with E-state index in [1.807, 2.05) is 62.4 Å². The summed E-state index contributed by atoms with van der Waals surface area (Å²) in [6.07, 6.45) is 1.73. The maximum absolute atomic E-state index is 12.2. The lowest BCUT2D eigenvalue weighted by Gasteiger charge is -2.15. The summed E-state index contributed by atoms with van der Waals surface area (Å²) < 4.78 is 0. The summed E-state index contributed by atoms with van der Waals surface area (Å²) in [5, 5.41) is 6.36. The number of halogens is 1. The van der Waals surface area contributed by atoms with Crippen LogP contribution in [-0.2, 0) is 0 Å². The maximum Gasteiger partial charge on any atom is 0.319 e. The third-order valence-electron chi connectivity index (χ3n) is 3.89. The van der Waals surface area contributed by atoms with Crippen molar-refractivity contribution in [2.75, 3.05) is 5.32 Å². The van der Waals surface area contributed by atoms with Crippen LogP contribution >= 0.6 is 11.6 Å². The van der Waals surface area contributed by atoms with Crippen LogP contribution in [0.3, 0.4) is 0 Å². The summed E-state index contributed by atoms with van der Waals surface area (Å²) in [7, 11) is 0. The molecule has 2 N–H and O–H groups in total. The van der Waals surface area contributed by atoms with Crippen molar-refractivity contribution in [3.05, 3.63) is 77.1 Å². The molecule has 2 amide bonds. The molecule has 132 valence electrons. The topological polar surface area (TPSA) is 66.9 Å². The summed E-state index contributed by atoms with van der Waals surface area (Å²) >= 11 is 5.99. The standard InChI is InChI=1S/C20H19ClN4O/c1-13-10-11-22-19(23-13)15-6-8-18(9-7-15)25-20(26)24-14(2)16-4-3-5-17(21)12-16/h3-12,14H,1-2H3,(H2,24,25,26). The van der Waals surface area contributed by atoms with Gasteiger partial charge in [0.1, 0.15) is 0 Å². The Morgan fingerprint density at radius 2 is 1.88 bits per heavy atom. The highest BCUT2D eigenvalue weighted by atomic mass is 35.5. The number of aryl methyl sites for hydroxylation is 1. The lowest BCUT2D eigenvalue weighted by Crippen LogP contribution is -2.31. The van der Waals surface area contributed by atoms with Crippen molar-refractivity contribution in [2.45, 2.75) is 19.9 Å². The van der Waals surface area contributed by atoms with E-state index in [0.717, 1.165) is 16.8 Å². The van der Waals surface area contributed by atoms with Gasteiger partial charge in [-0.15, -0.1) is 0 Å². The van der Waals surface area contributed by atoms with Gasteiger partial charge in [0.2, 0.25) is 0 Å². The van der Waals surface area contributed by atoms with Crippen molar-refractivity contribution in [1.82, 2.24) is 15.3 Å². The number of anilines is 1. The van der Waals surface area contributed by atoms with Crippen LogP contribution in [0.25, 0.3) is 11.4 Å². The van der Waals surface area contributed by atoms with Gasteiger partial charge in [0, 0.05) is 28.2 Å². The molecule has 1 heterocycles. The number of carbonyl (C=O) groups excluding carboxylic acids is 1. The van der Waals surface area contributed by atoms with E-state index in [-0.39, 0.29) is 12.1 Å². The number of carbonyl (C=O) groups is 1. The molecule has 3 rings (SSSR count). The molecule has 1 atom stereocenters. The fraction of sp³-hybridized carbons (Fsp3) is 0.150. The predicted molar refractivity (Wildman–Crippen MR) is 104 cm³/mol. The molecule has 1 aromatic heterocycles. The Bertz CT molecular complexity index is 912. The molecular weight excluding hydrogens is 348 g/mol. The smallest absolute Gasteiger partial charge is 0.319 e. The first-order valence-electron chi connectivity index (χ1n) is 8.24. The van der Waals surface area contributed by atoms with Crippen LogP contribution in [0.2, 0.25) is 5.02 Å². The highest BCUT2D eigenvalue weighted by Crippen LogP contribution is 2.19. The van der Waals surface area contributed by atoms with Crippen molar-refractivity contribution in [3.8, 4) is 11.4 Å². The van der Waals surface area contributed by atoms with Gasteiger partial charge in [0.25, 0.3) is 0 Å². The third-order valence-corrected chi connectivity index (χ3v) is 4.13. The van der Waals surface area contributed by atoms with Crippen molar-refractivity contribution in [1.29, 1.82) is 0 Å². The van der Waals surface area contributed by atoms with Gasteiger partial charge in [0.05, 0.1) is 6.04 Å². The molecular formula is C20H19ClN4O. The van der Waals surface area contributed by atoms with Gasteiger partial charge < -0.3 is 10.6 Å².